The van der Waals surface area contributed by atoms with Crippen LogP contribution in [-0.4, -0.2) is 57.9 Å². The fourth-order valence-electron chi connectivity index (χ4n) is 3.28. The van der Waals surface area contributed by atoms with E-state index >= 15 is 0 Å². The maximum absolute atomic E-state index is 12.5. The number of benzene rings is 1. The summed E-state index contributed by atoms with van der Waals surface area (Å²) in [5.41, 5.74) is 1.03. The first-order chi connectivity index (χ1) is 13.1. The van der Waals surface area contributed by atoms with Crippen molar-refractivity contribution in [3.63, 3.8) is 0 Å². The van der Waals surface area contributed by atoms with Crippen LogP contribution >= 0.6 is 0 Å². The van der Waals surface area contributed by atoms with Crippen molar-refractivity contribution >= 4 is 11.8 Å². The average molecular weight is 370 g/mol. The Kier molecular flexibility index (Phi) is 6.11. The van der Waals surface area contributed by atoms with Gasteiger partial charge in [-0.3, -0.25) is 9.59 Å². The number of carbonyl (C=O) groups is 2. The highest BCUT2D eigenvalue weighted by Gasteiger charge is 2.26. The molecule has 1 aromatic heterocycles. The van der Waals surface area contributed by atoms with Crippen molar-refractivity contribution in [3.05, 3.63) is 48.0 Å². The molecule has 2 amide bonds. The Morgan fingerprint density at radius 3 is 2.85 bits per heavy atom. The van der Waals surface area contributed by atoms with Crippen LogP contribution in [0.1, 0.15) is 24.2 Å². The second kappa shape index (κ2) is 8.70. The maximum atomic E-state index is 12.5. The van der Waals surface area contributed by atoms with E-state index in [1.807, 2.05) is 42.0 Å². The molecule has 3 rings (SSSR count). The van der Waals surface area contributed by atoms with Gasteiger partial charge in [-0.15, -0.1) is 0 Å². The number of amides is 2. The quantitative estimate of drug-likeness (QED) is 0.746. The lowest BCUT2D eigenvalue weighted by molar-refractivity contribution is -0.145. The monoisotopic (exact) mass is 370 g/mol. The lowest BCUT2D eigenvalue weighted by atomic mass is 10.1. The number of aryl methyl sites for hydroxylation is 2. The molecule has 7 nitrogen and oxygen atoms in total. The predicted molar refractivity (Wildman–Crippen MR) is 101 cm³/mol. The van der Waals surface area contributed by atoms with E-state index in [0.717, 1.165) is 30.1 Å². The topological polar surface area (TPSA) is 67.7 Å². The van der Waals surface area contributed by atoms with Gasteiger partial charge in [-0.2, -0.15) is 0 Å². The van der Waals surface area contributed by atoms with E-state index in [4.69, 9.17) is 4.74 Å². The van der Waals surface area contributed by atoms with Crippen molar-refractivity contribution < 1.29 is 14.3 Å². The molecule has 1 aliphatic rings. The molecule has 1 fully saturated rings. The first kappa shape index (κ1) is 18.9. The van der Waals surface area contributed by atoms with E-state index in [9.17, 15) is 9.59 Å². The number of nitrogens with zero attached hydrogens (tertiary/aromatic N) is 4. The molecule has 0 N–H and O–H groups in total. The SMILES string of the molecule is COc1cccc(CN2CCN(C(=O)CCCn3ccnc3C)CC2=O)c1. The minimum atomic E-state index is -0.0112. The van der Waals surface area contributed by atoms with Crippen LogP contribution in [0.25, 0.3) is 0 Å². The zero-order valence-electron chi connectivity index (χ0n) is 15.9. The Hall–Kier alpha value is -2.83. The van der Waals surface area contributed by atoms with Gasteiger partial charge in [0.15, 0.2) is 0 Å². The third kappa shape index (κ3) is 4.87. The number of methoxy groups -OCH3 is 1. The van der Waals surface area contributed by atoms with Crippen LogP contribution in [0.15, 0.2) is 36.7 Å². The van der Waals surface area contributed by atoms with Crippen molar-refractivity contribution in [3.8, 4) is 5.75 Å². The lowest BCUT2D eigenvalue weighted by Gasteiger charge is -2.34. The molecular weight excluding hydrogens is 344 g/mol. The minimum Gasteiger partial charge on any atom is -0.497 e. The molecule has 2 heterocycles. The first-order valence-corrected chi connectivity index (χ1v) is 9.23. The summed E-state index contributed by atoms with van der Waals surface area (Å²) in [4.78, 5) is 32.5. The molecule has 0 radical (unpaired) electrons. The van der Waals surface area contributed by atoms with Crippen molar-refractivity contribution in [1.82, 2.24) is 19.4 Å². The van der Waals surface area contributed by atoms with Gasteiger partial charge in [-0.1, -0.05) is 12.1 Å². The molecule has 144 valence electrons. The highest BCUT2D eigenvalue weighted by Crippen LogP contribution is 2.16. The Morgan fingerprint density at radius 1 is 1.30 bits per heavy atom. The van der Waals surface area contributed by atoms with Gasteiger partial charge in [0.1, 0.15) is 11.6 Å². The number of rotatable bonds is 7. The van der Waals surface area contributed by atoms with E-state index in [2.05, 4.69) is 4.98 Å². The number of hydrogen-bond donors (Lipinski definition) is 0. The van der Waals surface area contributed by atoms with Gasteiger partial charge in [0.2, 0.25) is 11.8 Å². The van der Waals surface area contributed by atoms with Gasteiger partial charge >= 0.3 is 0 Å². The zero-order chi connectivity index (χ0) is 19.2. The highest BCUT2D eigenvalue weighted by molar-refractivity contribution is 5.86. The molecule has 1 saturated heterocycles. The minimum absolute atomic E-state index is 0.0112. The fraction of sp³-hybridized carbons (Fsp3) is 0.450. The van der Waals surface area contributed by atoms with E-state index in [0.29, 0.717) is 26.1 Å². The van der Waals surface area contributed by atoms with Crippen molar-refractivity contribution in [2.24, 2.45) is 0 Å². The summed E-state index contributed by atoms with van der Waals surface area (Å²) in [6.45, 7) is 4.55. The number of hydrogen-bond acceptors (Lipinski definition) is 4. The maximum Gasteiger partial charge on any atom is 0.242 e. The summed E-state index contributed by atoms with van der Waals surface area (Å²) >= 11 is 0. The largest absolute Gasteiger partial charge is 0.497 e. The molecule has 2 aromatic rings. The Morgan fingerprint density at radius 2 is 2.15 bits per heavy atom. The summed E-state index contributed by atoms with van der Waals surface area (Å²) in [5.74, 6) is 1.76. The first-order valence-electron chi connectivity index (χ1n) is 9.23. The number of piperazine rings is 1. The van der Waals surface area contributed by atoms with Gasteiger partial charge in [0, 0.05) is 45.0 Å². The lowest BCUT2D eigenvalue weighted by Crippen LogP contribution is -2.51. The normalized spacial score (nSPS) is 14.5. The third-order valence-electron chi connectivity index (χ3n) is 4.89. The van der Waals surface area contributed by atoms with Crippen molar-refractivity contribution in [2.45, 2.75) is 32.9 Å². The van der Waals surface area contributed by atoms with E-state index in [1.54, 1.807) is 23.1 Å². The smallest absolute Gasteiger partial charge is 0.242 e. The van der Waals surface area contributed by atoms with Crippen LogP contribution in [0.4, 0.5) is 0 Å². The fourth-order valence-corrected chi connectivity index (χ4v) is 3.28. The van der Waals surface area contributed by atoms with Gasteiger partial charge in [0.25, 0.3) is 0 Å². The average Bonchev–Trinajstić information content (AvgIpc) is 3.08. The molecule has 0 bridgehead atoms. The number of carbonyl (C=O) groups excluding carboxylic acids is 2. The van der Waals surface area contributed by atoms with Crippen LogP contribution in [0.5, 0.6) is 5.75 Å². The predicted octanol–water partition coefficient (Wildman–Crippen LogP) is 1.85. The van der Waals surface area contributed by atoms with Gasteiger partial charge < -0.3 is 19.1 Å². The highest BCUT2D eigenvalue weighted by atomic mass is 16.5. The van der Waals surface area contributed by atoms with E-state index in [1.165, 1.54) is 0 Å². The number of ether oxygens (including phenoxy) is 1. The van der Waals surface area contributed by atoms with Crippen LogP contribution in [0.3, 0.4) is 0 Å². The van der Waals surface area contributed by atoms with Crippen LogP contribution < -0.4 is 4.74 Å². The van der Waals surface area contributed by atoms with Gasteiger partial charge in [-0.05, 0) is 31.0 Å². The standard InChI is InChI=1S/C20H26N4O3/c1-16-21-8-10-22(16)9-4-7-19(25)24-12-11-23(20(26)15-24)14-17-5-3-6-18(13-17)27-2/h3,5-6,8,10,13H,4,7,9,11-12,14-15H2,1-2H3. The third-order valence-corrected chi connectivity index (χ3v) is 4.89. The Balaban J connectivity index is 1.46. The Labute approximate surface area is 159 Å². The summed E-state index contributed by atoms with van der Waals surface area (Å²) in [6.07, 6.45) is 4.87. The van der Waals surface area contributed by atoms with Crippen LogP contribution in [-0.2, 0) is 22.7 Å². The second-order valence-corrected chi connectivity index (χ2v) is 6.75. The molecule has 1 aromatic carbocycles. The molecule has 0 saturated carbocycles. The summed E-state index contributed by atoms with van der Waals surface area (Å²) in [5, 5.41) is 0. The molecule has 27 heavy (non-hydrogen) atoms. The Bertz CT molecular complexity index is 802. The molecular formula is C20H26N4O3. The zero-order valence-corrected chi connectivity index (χ0v) is 15.9. The van der Waals surface area contributed by atoms with Crippen LogP contribution in [0, 0.1) is 6.92 Å². The van der Waals surface area contributed by atoms with E-state index < -0.39 is 0 Å². The van der Waals surface area contributed by atoms with Gasteiger partial charge in [0.05, 0.1) is 13.7 Å². The molecule has 1 aliphatic heterocycles. The van der Waals surface area contributed by atoms with Crippen molar-refractivity contribution in [1.29, 1.82) is 0 Å². The van der Waals surface area contributed by atoms with E-state index in [-0.39, 0.29) is 18.4 Å². The summed E-state index contributed by atoms with van der Waals surface area (Å²) < 4.78 is 7.26. The van der Waals surface area contributed by atoms with Crippen molar-refractivity contribution in [2.75, 3.05) is 26.7 Å². The molecule has 0 aliphatic carbocycles. The van der Waals surface area contributed by atoms with Crippen LogP contribution in [0.2, 0.25) is 0 Å². The molecule has 0 atom stereocenters. The number of imidazole rings is 1. The van der Waals surface area contributed by atoms with Gasteiger partial charge in [-0.25, -0.2) is 4.98 Å². The molecule has 0 unspecified atom stereocenters. The summed E-state index contributed by atoms with van der Waals surface area (Å²) in [6, 6.07) is 7.71. The second-order valence-electron chi connectivity index (χ2n) is 6.75. The molecule has 0 spiro atoms. The molecule has 7 heteroatoms. The summed E-state index contributed by atoms with van der Waals surface area (Å²) in [7, 11) is 1.63. The number of aromatic nitrogens is 2.